The zero-order chi connectivity index (χ0) is 20.6. The van der Waals surface area contributed by atoms with Crippen LogP contribution in [0.15, 0.2) is 54.6 Å². The van der Waals surface area contributed by atoms with E-state index < -0.39 is 0 Å². The van der Waals surface area contributed by atoms with Crippen molar-refractivity contribution in [1.82, 2.24) is 15.5 Å². The van der Waals surface area contributed by atoms with Gasteiger partial charge in [-0.2, -0.15) is 0 Å². The number of halogens is 1. The van der Waals surface area contributed by atoms with E-state index >= 15 is 0 Å². The molecule has 1 fully saturated rings. The van der Waals surface area contributed by atoms with Gasteiger partial charge in [0.05, 0.1) is 31.7 Å². The summed E-state index contributed by atoms with van der Waals surface area (Å²) < 4.78 is 5.92. The fraction of sp³-hybridized carbons (Fsp3) is 0.364. The van der Waals surface area contributed by atoms with Crippen molar-refractivity contribution in [3.8, 4) is 0 Å². The van der Waals surface area contributed by atoms with E-state index in [2.05, 4.69) is 15.5 Å². The Kier molecular flexibility index (Phi) is 7.63. The van der Waals surface area contributed by atoms with Gasteiger partial charge in [-0.25, -0.2) is 0 Å². The third-order valence-corrected chi connectivity index (χ3v) is 5.12. The SMILES string of the molecule is CN1CCOC(C(NC(=O)CNC(=O)Cc2ccccc2)c2ccc(Cl)cc2)C1. The molecule has 2 amide bonds. The van der Waals surface area contributed by atoms with Gasteiger partial charge in [-0.05, 0) is 30.3 Å². The summed E-state index contributed by atoms with van der Waals surface area (Å²) in [5, 5.41) is 6.33. The van der Waals surface area contributed by atoms with Gasteiger partial charge in [0.2, 0.25) is 11.8 Å². The zero-order valence-corrected chi connectivity index (χ0v) is 17.2. The Hall–Kier alpha value is -2.41. The third kappa shape index (κ3) is 6.56. The highest BCUT2D eigenvalue weighted by molar-refractivity contribution is 6.30. The molecular formula is C22H26ClN3O3. The predicted molar refractivity (Wildman–Crippen MR) is 113 cm³/mol. The molecule has 0 radical (unpaired) electrons. The first-order chi connectivity index (χ1) is 14.0. The van der Waals surface area contributed by atoms with E-state index in [0.29, 0.717) is 18.2 Å². The van der Waals surface area contributed by atoms with Crippen LogP contribution in [0.1, 0.15) is 17.2 Å². The van der Waals surface area contributed by atoms with Crippen LogP contribution in [-0.2, 0) is 20.7 Å². The Morgan fingerprint density at radius 1 is 1.14 bits per heavy atom. The van der Waals surface area contributed by atoms with Gasteiger partial charge in [-0.15, -0.1) is 0 Å². The van der Waals surface area contributed by atoms with Crippen LogP contribution < -0.4 is 10.6 Å². The summed E-state index contributed by atoms with van der Waals surface area (Å²) in [6.07, 6.45) is 0.0598. The molecule has 1 saturated heterocycles. The summed E-state index contributed by atoms with van der Waals surface area (Å²) in [7, 11) is 2.03. The van der Waals surface area contributed by atoms with Gasteiger partial charge < -0.3 is 20.3 Å². The summed E-state index contributed by atoms with van der Waals surface area (Å²) in [4.78, 5) is 26.8. The first kappa shape index (κ1) is 21.3. The number of morpholine rings is 1. The lowest BCUT2D eigenvalue weighted by molar-refractivity contribution is -0.127. The number of hydrogen-bond donors (Lipinski definition) is 2. The number of rotatable bonds is 7. The fourth-order valence-electron chi connectivity index (χ4n) is 3.32. The van der Waals surface area contributed by atoms with Crippen molar-refractivity contribution in [1.29, 1.82) is 0 Å². The van der Waals surface area contributed by atoms with E-state index in [1.165, 1.54) is 0 Å². The molecule has 29 heavy (non-hydrogen) atoms. The molecule has 1 aliphatic heterocycles. The zero-order valence-electron chi connectivity index (χ0n) is 16.4. The van der Waals surface area contributed by atoms with E-state index in [0.717, 1.165) is 17.7 Å². The molecule has 7 heteroatoms. The second kappa shape index (κ2) is 10.4. The number of nitrogens with zero attached hydrogens (tertiary/aromatic N) is 1. The van der Waals surface area contributed by atoms with Crippen LogP contribution in [0.3, 0.4) is 0 Å². The van der Waals surface area contributed by atoms with Gasteiger partial charge in [-0.3, -0.25) is 9.59 Å². The highest BCUT2D eigenvalue weighted by Crippen LogP contribution is 2.23. The number of ether oxygens (including phenoxy) is 1. The first-order valence-electron chi connectivity index (χ1n) is 9.67. The van der Waals surface area contributed by atoms with Crippen molar-refractivity contribution in [2.24, 2.45) is 0 Å². The molecular weight excluding hydrogens is 390 g/mol. The van der Waals surface area contributed by atoms with Gasteiger partial charge >= 0.3 is 0 Å². The molecule has 2 atom stereocenters. The number of benzene rings is 2. The van der Waals surface area contributed by atoms with Crippen LogP contribution in [-0.4, -0.2) is 56.1 Å². The molecule has 0 spiro atoms. The molecule has 0 bridgehead atoms. The van der Waals surface area contributed by atoms with Gasteiger partial charge in [0.15, 0.2) is 0 Å². The molecule has 2 aromatic rings. The maximum Gasteiger partial charge on any atom is 0.239 e. The monoisotopic (exact) mass is 415 g/mol. The molecule has 0 saturated carbocycles. The second-order valence-electron chi connectivity index (χ2n) is 7.21. The summed E-state index contributed by atoms with van der Waals surface area (Å²) in [6.45, 7) is 2.08. The Balaban J connectivity index is 1.60. The topological polar surface area (TPSA) is 70.7 Å². The highest BCUT2D eigenvalue weighted by atomic mass is 35.5. The van der Waals surface area contributed by atoms with Gasteiger partial charge in [0.25, 0.3) is 0 Å². The smallest absolute Gasteiger partial charge is 0.239 e. The second-order valence-corrected chi connectivity index (χ2v) is 7.64. The number of hydrogen-bond acceptors (Lipinski definition) is 4. The average molecular weight is 416 g/mol. The Morgan fingerprint density at radius 3 is 2.55 bits per heavy atom. The van der Waals surface area contributed by atoms with Crippen molar-refractivity contribution in [3.63, 3.8) is 0 Å². The molecule has 2 aromatic carbocycles. The molecule has 2 N–H and O–H groups in total. The number of nitrogens with one attached hydrogen (secondary N) is 2. The summed E-state index contributed by atoms with van der Waals surface area (Å²) in [6, 6.07) is 16.5. The Morgan fingerprint density at radius 2 is 1.86 bits per heavy atom. The maximum absolute atomic E-state index is 12.6. The Bertz CT molecular complexity index is 814. The molecule has 1 heterocycles. The van der Waals surface area contributed by atoms with Gasteiger partial charge in [0.1, 0.15) is 0 Å². The molecule has 6 nitrogen and oxygen atoms in total. The normalized spacial score (nSPS) is 18.1. The van der Waals surface area contributed by atoms with Crippen LogP contribution in [0.4, 0.5) is 0 Å². The largest absolute Gasteiger partial charge is 0.373 e. The molecule has 0 aromatic heterocycles. The minimum atomic E-state index is -0.325. The number of amides is 2. The van der Waals surface area contributed by atoms with E-state index in [9.17, 15) is 9.59 Å². The lowest BCUT2D eigenvalue weighted by Crippen LogP contribution is -2.49. The quantitative estimate of drug-likeness (QED) is 0.727. The van der Waals surface area contributed by atoms with Gasteiger partial charge in [0, 0.05) is 18.1 Å². The lowest BCUT2D eigenvalue weighted by Gasteiger charge is -2.35. The summed E-state index contributed by atoms with van der Waals surface area (Å²) in [5.41, 5.74) is 1.82. The number of likely N-dealkylation sites (N-methyl/N-ethyl adjacent to an activating group) is 1. The van der Waals surface area contributed by atoms with Crippen molar-refractivity contribution in [3.05, 3.63) is 70.7 Å². The predicted octanol–water partition coefficient (Wildman–Crippen LogP) is 2.19. The van der Waals surface area contributed by atoms with Crippen molar-refractivity contribution in [2.75, 3.05) is 33.3 Å². The van der Waals surface area contributed by atoms with Crippen LogP contribution in [0.5, 0.6) is 0 Å². The Labute approximate surface area is 176 Å². The molecule has 0 aliphatic carbocycles. The molecule has 3 rings (SSSR count). The molecule has 1 aliphatic rings. The average Bonchev–Trinajstić information content (AvgIpc) is 2.72. The van der Waals surface area contributed by atoms with Crippen LogP contribution in [0.25, 0.3) is 0 Å². The number of carbonyl (C=O) groups excluding carboxylic acids is 2. The van der Waals surface area contributed by atoms with Crippen molar-refractivity contribution in [2.45, 2.75) is 18.6 Å². The molecule has 2 unspecified atom stereocenters. The van der Waals surface area contributed by atoms with E-state index in [1.54, 1.807) is 12.1 Å². The van der Waals surface area contributed by atoms with Crippen LogP contribution in [0.2, 0.25) is 5.02 Å². The van der Waals surface area contributed by atoms with Crippen molar-refractivity contribution < 1.29 is 14.3 Å². The van der Waals surface area contributed by atoms with Crippen molar-refractivity contribution >= 4 is 23.4 Å². The number of carbonyl (C=O) groups is 2. The standard InChI is InChI=1S/C22H26ClN3O3/c1-26-11-12-29-19(15-26)22(17-7-9-18(23)10-8-17)25-21(28)14-24-20(27)13-16-5-3-2-4-6-16/h2-10,19,22H,11-15H2,1H3,(H,24,27)(H,25,28). The summed E-state index contributed by atoms with van der Waals surface area (Å²) >= 11 is 6.01. The lowest BCUT2D eigenvalue weighted by atomic mass is 10.00. The maximum atomic E-state index is 12.6. The van der Waals surface area contributed by atoms with E-state index in [4.69, 9.17) is 16.3 Å². The molecule has 154 valence electrons. The fourth-order valence-corrected chi connectivity index (χ4v) is 3.45. The van der Waals surface area contributed by atoms with Crippen LogP contribution >= 0.6 is 11.6 Å². The highest BCUT2D eigenvalue weighted by Gasteiger charge is 2.29. The summed E-state index contributed by atoms with van der Waals surface area (Å²) in [5.74, 6) is -0.453. The minimum absolute atomic E-state index is 0.0850. The van der Waals surface area contributed by atoms with E-state index in [1.807, 2.05) is 49.5 Å². The minimum Gasteiger partial charge on any atom is -0.373 e. The van der Waals surface area contributed by atoms with Crippen LogP contribution in [0, 0.1) is 0 Å². The van der Waals surface area contributed by atoms with Gasteiger partial charge in [-0.1, -0.05) is 54.1 Å². The van der Waals surface area contributed by atoms with E-state index in [-0.39, 0.29) is 36.9 Å². The first-order valence-corrected chi connectivity index (χ1v) is 10.0. The third-order valence-electron chi connectivity index (χ3n) is 4.87.